The van der Waals surface area contributed by atoms with Crippen LogP contribution >= 0.6 is 0 Å². The van der Waals surface area contributed by atoms with Crippen molar-refractivity contribution in [1.29, 1.82) is 0 Å². The molecule has 0 spiro atoms. The third-order valence-electron chi connectivity index (χ3n) is 12.5. The molecule has 1 aromatic carbocycles. The molecule has 15 heteroatoms. The maximum atomic E-state index is 14.5. The molecule has 3 aliphatic heterocycles. The van der Waals surface area contributed by atoms with Crippen LogP contribution in [0.5, 0.6) is 0 Å². The minimum absolute atomic E-state index is 0.200. The predicted molar refractivity (Wildman–Crippen MR) is 222 cm³/mol. The lowest BCUT2D eigenvalue weighted by Gasteiger charge is -2.48. The molecule has 4 heterocycles. The number of cyclic esters (lactones) is 1. The zero-order chi connectivity index (χ0) is 43.8. The third kappa shape index (κ3) is 10.8. The van der Waals surface area contributed by atoms with Crippen LogP contribution in [0.25, 0.3) is 0 Å². The number of hydrogen-bond donors (Lipinski definition) is 1. The summed E-state index contributed by atoms with van der Waals surface area (Å²) in [6.07, 6.45) is 3.37. The number of aliphatic hydroxyl groups is 1. The number of rotatable bonds is 12. The van der Waals surface area contributed by atoms with Crippen molar-refractivity contribution < 1.29 is 52.7 Å². The van der Waals surface area contributed by atoms with Crippen molar-refractivity contribution >= 4 is 17.8 Å². The zero-order valence-electron chi connectivity index (χ0n) is 37.1. The molecule has 3 saturated heterocycles. The van der Waals surface area contributed by atoms with E-state index in [2.05, 4.69) is 9.97 Å². The quantitative estimate of drug-likeness (QED) is 0.144. The standard InChI is InChI=1S/C45H66N4O11/c1-12-35-45(8)40(59-43(52)60-45)29(4)36(48-55-25-32-17-14-13-15-18-32)27(2)22-44(7,53-11)39(58-42-37(50)34(49(9)10)21-28(3)56-42)30(5)38(31(6)41(51)57-35)54-20-16-19-33-23-46-26-47-24-33/h13-18,20,23-24,26-31,34-35,37-40,42,50H,12,19,21-22,25H2,1-11H3/b20-16-,48-36+/t27-,28-,29+,30+,31-,34+,35-,37-,38+,39-,40-,42+,44-,45-/m1/s1. The molecule has 14 atom stereocenters. The molecule has 60 heavy (non-hydrogen) atoms. The second-order valence-corrected chi connectivity index (χ2v) is 17.3. The first kappa shape index (κ1) is 46.9. The number of aliphatic hydroxyl groups excluding tert-OH is 1. The van der Waals surface area contributed by atoms with Gasteiger partial charge in [0.2, 0.25) is 0 Å². The summed E-state index contributed by atoms with van der Waals surface area (Å²) >= 11 is 0. The normalized spacial score (nSPS) is 37.5. The fourth-order valence-corrected chi connectivity index (χ4v) is 9.14. The molecule has 0 amide bonds. The molecule has 0 bridgehead atoms. The van der Waals surface area contributed by atoms with Crippen LogP contribution < -0.4 is 0 Å². The Morgan fingerprint density at radius 1 is 1.00 bits per heavy atom. The molecule has 0 unspecified atom stereocenters. The van der Waals surface area contributed by atoms with E-state index in [1.807, 2.05) is 96.9 Å². The maximum Gasteiger partial charge on any atom is 0.509 e. The van der Waals surface area contributed by atoms with E-state index in [9.17, 15) is 14.7 Å². The highest BCUT2D eigenvalue weighted by molar-refractivity contribution is 5.89. The van der Waals surface area contributed by atoms with E-state index in [-0.39, 0.29) is 24.7 Å². The molecule has 1 N–H and O–H groups in total. The fourth-order valence-electron chi connectivity index (χ4n) is 9.14. The smallest absolute Gasteiger partial charge is 0.497 e. The summed E-state index contributed by atoms with van der Waals surface area (Å²) in [6.45, 7) is 15.3. The number of aromatic nitrogens is 2. The number of carbonyl (C=O) groups is 2. The molecular formula is C45H66N4O11. The van der Waals surface area contributed by atoms with Gasteiger partial charge in [0.05, 0.1) is 35.7 Å². The monoisotopic (exact) mass is 838 g/mol. The largest absolute Gasteiger partial charge is 0.509 e. The summed E-state index contributed by atoms with van der Waals surface area (Å²) in [4.78, 5) is 43.8. The number of esters is 1. The second kappa shape index (κ2) is 20.6. The molecule has 15 nitrogen and oxygen atoms in total. The number of hydrogen-bond acceptors (Lipinski definition) is 15. The van der Waals surface area contributed by atoms with E-state index in [1.54, 1.807) is 39.6 Å². The summed E-state index contributed by atoms with van der Waals surface area (Å²) in [5.74, 6) is -2.98. The zero-order valence-corrected chi connectivity index (χ0v) is 37.1. The van der Waals surface area contributed by atoms with Crippen LogP contribution in [0.15, 0.2) is 66.5 Å². The van der Waals surface area contributed by atoms with Crippen molar-refractivity contribution in [1.82, 2.24) is 14.9 Å². The van der Waals surface area contributed by atoms with E-state index >= 15 is 0 Å². The lowest BCUT2D eigenvalue weighted by atomic mass is 9.73. The number of likely N-dealkylation sites (N-methyl/N-ethyl adjacent to an activating group) is 1. The Hall–Kier alpha value is -4.15. The Balaban J connectivity index is 1.62. The lowest BCUT2D eigenvalue weighted by molar-refractivity contribution is -0.301. The number of ether oxygens (including phenoxy) is 7. The second-order valence-electron chi connectivity index (χ2n) is 17.3. The van der Waals surface area contributed by atoms with Crippen LogP contribution in [0.4, 0.5) is 4.79 Å². The van der Waals surface area contributed by atoms with Crippen molar-refractivity contribution in [2.45, 2.75) is 148 Å². The molecule has 332 valence electrons. The van der Waals surface area contributed by atoms with Gasteiger partial charge in [0.1, 0.15) is 31.2 Å². The Kier molecular flexibility index (Phi) is 16.1. The van der Waals surface area contributed by atoms with Gasteiger partial charge >= 0.3 is 12.1 Å². The molecule has 5 rings (SSSR count). The number of oxime groups is 1. The Bertz CT molecular complexity index is 1750. The highest BCUT2D eigenvalue weighted by Gasteiger charge is 2.59. The van der Waals surface area contributed by atoms with E-state index in [1.165, 1.54) is 6.33 Å². The molecule has 3 fully saturated rings. The van der Waals surface area contributed by atoms with Crippen molar-refractivity contribution in [2.75, 3.05) is 21.2 Å². The van der Waals surface area contributed by atoms with Crippen molar-refractivity contribution in [3.63, 3.8) is 0 Å². The van der Waals surface area contributed by atoms with Crippen LogP contribution in [0.1, 0.15) is 85.8 Å². The number of fused-ring (bicyclic) bond motifs is 1. The van der Waals surface area contributed by atoms with Crippen LogP contribution in [0, 0.1) is 23.7 Å². The highest BCUT2D eigenvalue weighted by Crippen LogP contribution is 2.43. The minimum atomic E-state index is -1.38. The summed E-state index contributed by atoms with van der Waals surface area (Å²) in [5.41, 5.74) is -0.130. The van der Waals surface area contributed by atoms with Crippen molar-refractivity contribution in [3.8, 4) is 0 Å². The third-order valence-corrected chi connectivity index (χ3v) is 12.5. The molecule has 0 saturated carbocycles. The van der Waals surface area contributed by atoms with Crippen LogP contribution in [0.2, 0.25) is 0 Å². The van der Waals surface area contributed by atoms with Gasteiger partial charge in [-0.25, -0.2) is 14.8 Å². The average molecular weight is 839 g/mol. The Morgan fingerprint density at radius 2 is 1.70 bits per heavy atom. The lowest BCUT2D eigenvalue weighted by Crippen LogP contribution is -2.60. The van der Waals surface area contributed by atoms with Gasteiger partial charge in [0.15, 0.2) is 18.0 Å². The van der Waals surface area contributed by atoms with E-state index in [0.717, 1.165) is 11.1 Å². The van der Waals surface area contributed by atoms with Gasteiger partial charge < -0.3 is 48.0 Å². The van der Waals surface area contributed by atoms with Crippen LogP contribution in [-0.2, 0) is 55.8 Å². The first-order valence-electron chi connectivity index (χ1n) is 21.1. The van der Waals surface area contributed by atoms with Gasteiger partial charge in [-0.15, -0.1) is 0 Å². The summed E-state index contributed by atoms with van der Waals surface area (Å²) in [5, 5.41) is 16.5. The van der Waals surface area contributed by atoms with Crippen LogP contribution in [0.3, 0.4) is 0 Å². The Labute approximate surface area is 355 Å². The predicted octanol–water partition coefficient (Wildman–Crippen LogP) is 6.27. The Morgan fingerprint density at radius 3 is 2.35 bits per heavy atom. The summed E-state index contributed by atoms with van der Waals surface area (Å²) < 4.78 is 44.6. The fraction of sp³-hybridized carbons (Fsp3) is 0.667. The first-order valence-corrected chi connectivity index (χ1v) is 21.1. The average Bonchev–Trinajstić information content (AvgIpc) is 3.54. The molecule has 3 aliphatic rings. The molecular weight excluding hydrogens is 773 g/mol. The van der Waals surface area contributed by atoms with Gasteiger partial charge in [-0.3, -0.25) is 4.79 Å². The minimum Gasteiger partial charge on any atom is -0.497 e. The van der Waals surface area contributed by atoms with E-state index in [4.69, 9.17) is 43.2 Å². The van der Waals surface area contributed by atoms with Gasteiger partial charge in [-0.05, 0) is 84.7 Å². The highest BCUT2D eigenvalue weighted by atomic mass is 16.8. The molecule has 1 aromatic heterocycles. The number of carbonyl (C=O) groups excluding carboxylic acids is 2. The van der Waals surface area contributed by atoms with Crippen molar-refractivity contribution in [2.24, 2.45) is 28.8 Å². The molecule has 0 aliphatic carbocycles. The van der Waals surface area contributed by atoms with Gasteiger partial charge in [0.25, 0.3) is 0 Å². The van der Waals surface area contributed by atoms with E-state index < -0.39 is 77.9 Å². The molecule has 0 radical (unpaired) electrons. The first-order chi connectivity index (χ1) is 28.5. The topological polar surface area (TPSA) is 170 Å². The summed E-state index contributed by atoms with van der Waals surface area (Å²) in [6, 6.07) is 9.44. The maximum absolute atomic E-state index is 14.5. The molecule has 2 aromatic rings. The van der Waals surface area contributed by atoms with Gasteiger partial charge in [0, 0.05) is 43.3 Å². The number of methoxy groups -OCH3 is 1. The van der Waals surface area contributed by atoms with Gasteiger partial charge in [-0.2, -0.15) is 0 Å². The number of benzene rings is 1. The van der Waals surface area contributed by atoms with E-state index in [0.29, 0.717) is 31.4 Å². The van der Waals surface area contributed by atoms with Crippen molar-refractivity contribution in [3.05, 3.63) is 72.5 Å². The SMILES string of the molecule is CC[C@H]1OC(=O)[C@H](C)[C@@H](O/C=C\Cc2cncnc2)[C@H](C)[C@@H](O[C@@H]2O[C@H](C)C[C@H](N(C)C)[C@H]2O)[C@](C)(OC)C[C@@H](C)/C(=N\OCc2ccccc2)[C@H](C)[C@H]2OC(=O)O[C@@]21C. The van der Waals surface area contributed by atoms with Gasteiger partial charge in [-0.1, -0.05) is 63.2 Å². The summed E-state index contributed by atoms with van der Waals surface area (Å²) in [7, 11) is 5.45. The van der Waals surface area contributed by atoms with Crippen LogP contribution in [-0.4, -0.2) is 119 Å². The number of allylic oxidation sites excluding steroid dienone is 1. The number of nitrogens with zero attached hydrogens (tertiary/aromatic N) is 4.